The second-order valence-electron chi connectivity index (χ2n) is 6.54. The van der Waals surface area contributed by atoms with Crippen molar-refractivity contribution in [2.75, 3.05) is 13.6 Å². The van der Waals surface area contributed by atoms with Crippen LogP contribution in [0.4, 0.5) is 18.9 Å². The molecule has 0 aliphatic carbocycles. The highest BCUT2D eigenvalue weighted by Crippen LogP contribution is 2.25. The van der Waals surface area contributed by atoms with Crippen molar-refractivity contribution in [2.24, 2.45) is 4.99 Å². The zero-order chi connectivity index (χ0) is 21.6. The molecule has 29 heavy (non-hydrogen) atoms. The average Bonchev–Trinajstić information content (AvgIpc) is 2.66. The standard InChI is InChI=1S/C21H23F3N2O3/c1-5-26(4)13-25-19-11-14(2)18(10-15(19)3)20(27)28-12-16-6-8-17(9-7-16)29-21(22,23)24/h6-11,13H,5,12H2,1-4H3/b25-13+. The molecule has 0 heterocycles. The van der Waals surface area contributed by atoms with Crippen LogP contribution in [0.1, 0.15) is 34.0 Å². The van der Waals surface area contributed by atoms with E-state index in [9.17, 15) is 18.0 Å². The fourth-order valence-corrected chi connectivity index (χ4v) is 2.42. The predicted octanol–water partition coefficient (Wildman–Crippen LogP) is 5.17. The summed E-state index contributed by atoms with van der Waals surface area (Å²) in [5.74, 6) is -0.841. The Kier molecular flexibility index (Phi) is 7.25. The van der Waals surface area contributed by atoms with Crippen LogP contribution in [0.3, 0.4) is 0 Å². The largest absolute Gasteiger partial charge is 0.573 e. The van der Waals surface area contributed by atoms with E-state index in [4.69, 9.17) is 4.74 Å². The molecular formula is C21H23F3N2O3. The minimum absolute atomic E-state index is 0.0647. The fourth-order valence-electron chi connectivity index (χ4n) is 2.42. The quantitative estimate of drug-likeness (QED) is 0.360. The van der Waals surface area contributed by atoms with Crippen molar-refractivity contribution in [3.63, 3.8) is 0 Å². The van der Waals surface area contributed by atoms with Crippen LogP contribution in [0, 0.1) is 13.8 Å². The molecule has 0 aromatic heterocycles. The molecule has 156 valence electrons. The van der Waals surface area contributed by atoms with Crippen LogP contribution in [0.25, 0.3) is 0 Å². The van der Waals surface area contributed by atoms with Gasteiger partial charge in [0.05, 0.1) is 17.6 Å². The Hall–Kier alpha value is -3.03. The first-order valence-electron chi connectivity index (χ1n) is 8.96. The third kappa shape index (κ3) is 6.81. The summed E-state index contributed by atoms with van der Waals surface area (Å²) in [6, 6.07) is 8.70. The number of ether oxygens (including phenoxy) is 2. The van der Waals surface area contributed by atoms with E-state index in [0.717, 1.165) is 23.4 Å². The zero-order valence-electron chi connectivity index (χ0n) is 16.7. The maximum atomic E-state index is 12.4. The van der Waals surface area contributed by atoms with Crippen molar-refractivity contribution in [3.8, 4) is 5.75 Å². The lowest BCUT2D eigenvalue weighted by atomic mass is 10.0. The number of hydrogen-bond acceptors (Lipinski definition) is 4. The molecule has 0 fully saturated rings. The lowest BCUT2D eigenvalue weighted by molar-refractivity contribution is -0.274. The van der Waals surface area contributed by atoms with E-state index in [1.807, 2.05) is 31.9 Å². The number of benzene rings is 2. The van der Waals surface area contributed by atoms with E-state index in [-0.39, 0.29) is 12.4 Å². The number of nitrogens with zero attached hydrogens (tertiary/aromatic N) is 2. The molecule has 0 bridgehead atoms. The first kappa shape index (κ1) is 22.3. The van der Waals surface area contributed by atoms with E-state index < -0.39 is 12.3 Å². The van der Waals surface area contributed by atoms with Crippen LogP contribution in [0.2, 0.25) is 0 Å². The van der Waals surface area contributed by atoms with Crippen molar-refractivity contribution in [1.29, 1.82) is 0 Å². The second-order valence-corrected chi connectivity index (χ2v) is 6.54. The van der Waals surface area contributed by atoms with E-state index in [0.29, 0.717) is 11.1 Å². The van der Waals surface area contributed by atoms with Gasteiger partial charge in [0, 0.05) is 13.6 Å². The number of alkyl halides is 3. The summed E-state index contributed by atoms with van der Waals surface area (Å²) in [5.41, 5.74) is 3.28. The van der Waals surface area contributed by atoms with E-state index in [1.54, 1.807) is 19.3 Å². The van der Waals surface area contributed by atoms with Crippen molar-refractivity contribution < 1.29 is 27.4 Å². The summed E-state index contributed by atoms with van der Waals surface area (Å²) in [6.45, 7) is 6.43. The molecule has 2 aromatic rings. The second kappa shape index (κ2) is 9.45. The van der Waals surface area contributed by atoms with Crippen molar-refractivity contribution in [1.82, 2.24) is 4.90 Å². The molecule has 0 radical (unpaired) electrons. The van der Waals surface area contributed by atoms with Gasteiger partial charge in [-0.15, -0.1) is 13.2 Å². The molecule has 2 aromatic carbocycles. The summed E-state index contributed by atoms with van der Waals surface area (Å²) < 4.78 is 45.7. The van der Waals surface area contributed by atoms with E-state index >= 15 is 0 Å². The SMILES string of the molecule is CCN(C)/C=N/c1cc(C)c(C(=O)OCc2ccc(OC(F)(F)F)cc2)cc1C. The Balaban J connectivity index is 2.03. The highest BCUT2D eigenvalue weighted by molar-refractivity contribution is 5.92. The highest BCUT2D eigenvalue weighted by Gasteiger charge is 2.30. The summed E-state index contributed by atoms with van der Waals surface area (Å²) >= 11 is 0. The Morgan fingerprint density at radius 1 is 1.14 bits per heavy atom. The van der Waals surface area contributed by atoms with Gasteiger partial charge in [-0.25, -0.2) is 9.79 Å². The topological polar surface area (TPSA) is 51.1 Å². The molecule has 0 spiro atoms. The molecule has 5 nitrogen and oxygen atoms in total. The van der Waals surface area contributed by atoms with E-state index in [1.165, 1.54) is 24.3 Å². The maximum absolute atomic E-state index is 12.4. The molecule has 0 amide bonds. The number of halogens is 3. The molecule has 0 unspecified atom stereocenters. The van der Waals surface area contributed by atoms with Crippen LogP contribution >= 0.6 is 0 Å². The molecule has 0 aliphatic rings. The van der Waals surface area contributed by atoms with Gasteiger partial charge in [0.2, 0.25) is 0 Å². The average molecular weight is 408 g/mol. The number of esters is 1. The molecule has 0 N–H and O–H groups in total. The number of carbonyl (C=O) groups is 1. The van der Waals surface area contributed by atoms with Gasteiger partial charge >= 0.3 is 12.3 Å². The van der Waals surface area contributed by atoms with Crippen molar-refractivity contribution in [2.45, 2.75) is 33.7 Å². The first-order valence-corrected chi connectivity index (χ1v) is 8.96. The summed E-state index contributed by atoms with van der Waals surface area (Å²) in [5, 5.41) is 0. The Labute approximate surface area is 167 Å². The molecule has 0 saturated heterocycles. The summed E-state index contributed by atoms with van der Waals surface area (Å²) in [6.07, 6.45) is -3.02. The first-order chi connectivity index (χ1) is 13.6. The Morgan fingerprint density at radius 3 is 2.38 bits per heavy atom. The van der Waals surface area contributed by atoms with Crippen molar-refractivity contribution in [3.05, 3.63) is 58.7 Å². The number of rotatable bonds is 7. The van der Waals surface area contributed by atoms with Gasteiger partial charge in [0.1, 0.15) is 12.4 Å². The van der Waals surface area contributed by atoms with Gasteiger partial charge in [0.25, 0.3) is 0 Å². The van der Waals surface area contributed by atoms with Gasteiger partial charge in [-0.2, -0.15) is 0 Å². The van der Waals surface area contributed by atoms with Gasteiger partial charge in [-0.05, 0) is 61.7 Å². The normalized spacial score (nSPS) is 11.6. The molecule has 0 saturated carbocycles. The van der Waals surface area contributed by atoms with Gasteiger partial charge in [-0.3, -0.25) is 0 Å². The zero-order valence-corrected chi connectivity index (χ0v) is 16.7. The molecule has 0 atom stereocenters. The fraction of sp³-hybridized carbons (Fsp3) is 0.333. The Bertz CT molecular complexity index is 878. The maximum Gasteiger partial charge on any atom is 0.573 e. The summed E-state index contributed by atoms with van der Waals surface area (Å²) in [4.78, 5) is 18.8. The number of carbonyl (C=O) groups excluding carboxylic acids is 1. The number of hydrogen-bond donors (Lipinski definition) is 0. The van der Waals surface area contributed by atoms with Crippen LogP contribution in [-0.2, 0) is 11.3 Å². The minimum atomic E-state index is -4.74. The third-order valence-corrected chi connectivity index (χ3v) is 4.18. The smallest absolute Gasteiger partial charge is 0.457 e. The van der Waals surface area contributed by atoms with Crippen LogP contribution in [0.5, 0.6) is 5.75 Å². The summed E-state index contributed by atoms with van der Waals surface area (Å²) in [7, 11) is 1.92. The number of aliphatic imine (C=N–C) groups is 1. The van der Waals surface area contributed by atoms with Gasteiger partial charge in [0.15, 0.2) is 0 Å². The van der Waals surface area contributed by atoms with Crippen LogP contribution in [0.15, 0.2) is 41.4 Å². The number of aryl methyl sites for hydroxylation is 2. The molecule has 2 rings (SSSR count). The molecule has 0 aliphatic heterocycles. The molecule has 8 heteroatoms. The highest BCUT2D eigenvalue weighted by atomic mass is 19.4. The third-order valence-electron chi connectivity index (χ3n) is 4.18. The van der Waals surface area contributed by atoms with Gasteiger partial charge < -0.3 is 14.4 Å². The van der Waals surface area contributed by atoms with Crippen LogP contribution < -0.4 is 4.74 Å². The lowest BCUT2D eigenvalue weighted by Crippen LogP contribution is -2.17. The van der Waals surface area contributed by atoms with Crippen molar-refractivity contribution >= 4 is 18.0 Å². The monoisotopic (exact) mass is 408 g/mol. The lowest BCUT2D eigenvalue weighted by Gasteiger charge is -2.12. The predicted molar refractivity (Wildman–Crippen MR) is 105 cm³/mol. The van der Waals surface area contributed by atoms with Gasteiger partial charge in [-0.1, -0.05) is 12.1 Å². The van der Waals surface area contributed by atoms with Crippen LogP contribution in [-0.4, -0.2) is 37.2 Å². The Morgan fingerprint density at radius 2 is 1.79 bits per heavy atom. The van der Waals surface area contributed by atoms with E-state index in [2.05, 4.69) is 9.73 Å². The molecular weight excluding hydrogens is 385 g/mol. The minimum Gasteiger partial charge on any atom is -0.457 e.